The summed E-state index contributed by atoms with van der Waals surface area (Å²) in [6, 6.07) is 0. The van der Waals surface area contributed by atoms with Crippen molar-refractivity contribution in [2.24, 2.45) is 0 Å². The minimum atomic E-state index is -1.54. The average molecular weight is 445 g/mol. The Balaban J connectivity index is 3.27. The number of nitrogens with zero attached hydrogens (tertiary/aromatic N) is 1. The highest BCUT2D eigenvalue weighted by Crippen LogP contribution is 2.19. The average Bonchev–Trinajstić information content (AvgIpc) is 2.68. The third-order valence-corrected chi connectivity index (χ3v) is 7.31. The number of aliphatic hydroxyl groups excluding tert-OH is 1. The molecule has 180 valence electrons. The number of likely N-dealkylation sites (N-methyl/N-ethyl adjacent to an activating group) is 1. The Kier molecular flexibility index (Phi) is 21.0. The van der Waals surface area contributed by atoms with Gasteiger partial charge in [0.1, 0.15) is 6.16 Å². The highest BCUT2D eigenvalue weighted by molar-refractivity contribution is 7.51. The Morgan fingerprint density at radius 3 is 1.20 bits per heavy atom. The second-order valence-electron chi connectivity index (χ2n) is 10.3. The summed E-state index contributed by atoms with van der Waals surface area (Å²) in [4.78, 5) is 12.1. The molecule has 0 aromatic heterocycles. The Morgan fingerprint density at radius 1 is 0.600 bits per heavy atom. The van der Waals surface area contributed by atoms with E-state index in [4.69, 9.17) is 0 Å². The van der Waals surface area contributed by atoms with E-state index in [1.165, 1.54) is 109 Å². The maximum absolute atomic E-state index is 12.1. The van der Waals surface area contributed by atoms with Gasteiger partial charge in [0.2, 0.25) is 0 Å². The minimum Gasteiger partial charge on any atom is -0.629 e. The molecule has 1 atom stereocenters. The molecular weight excluding hydrogens is 389 g/mol. The zero-order valence-electron chi connectivity index (χ0n) is 21.1. The van der Waals surface area contributed by atoms with Gasteiger partial charge in [-0.25, -0.2) is 0 Å². The van der Waals surface area contributed by atoms with Gasteiger partial charge >= 0.3 is 0 Å². The summed E-state index contributed by atoms with van der Waals surface area (Å²) < 4.78 is 0.631. The van der Waals surface area contributed by atoms with Crippen molar-refractivity contribution >= 4 is 13.3 Å². The predicted molar refractivity (Wildman–Crippen MR) is 135 cm³/mol. The van der Waals surface area contributed by atoms with E-state index in [0.717, 1.165) is 12.8 Å². The third kappa shape index (κ3) is 22.7. The number of hydrogen-bond acceptors (Lipinski definition) is 1. The van der Waals surface area contributed by atoms with E-state index in [2.05, 4.69) is 6.92 Å². The van der Waals surface area contributed by atoms with Crippen LogP contribution in [0.2, 0.25) is 0 Å². The lowest BCUT2D eigenvalue weighted by Crippen LogP contribution is -2.39. The molecule has 0 radical (unpaired) electrons. The van der Waals surface area contributed by atoms with Gasteiger partial charge < -0.3 is 14.5 Å². The van der Waals surface area contributed by atoms with Crippen LogP contribution in [0, 0.1) is 0 Å². The van der Waals surface area contributed by atoms with E-state index in [9.17, 15) is 10.00 Å². The van der Waals surface area contributed by atoms with Gasteiger partial charge in [-0.1, -0.05) is 116 Å². The molecule has 4 heteroatoms. The first-order chi connectivity index (χ1) is 14.4. The second kappa shape index (κ2) is 20.9. The molecule has 1 N–H and O–H groups in total. The number of rotatable bonds is 22. The number of quaternary nitrogens is 1. The summed E-state index contributed by atoms with van der Waals surface area (Å²) in [7, 11) is 4.49. The van der Waals surface area contributed by atoms with Crippen molar-refractivity contribution in [3.8, 4) is 0 Å². The lowest BCUT2D eigenvalue weighted by molar-refractivity contribution is -0.861. The van der Waals surface area contributed by atoms with Crippen LogP contribution in [0.3, 0.4) is 0 Å². The monoisotopic (exact) mass is 444 g/mol. The van der Waals surface area contributed by atoms with E-state index in [0.29, 0.717) is 17.2 Å². The van der Waals surface area contributed by atoms with Gasteiger partial charge in [0.05, 0.1) is 28.9 Å². The molecule has 0 saturated carbocycles. The van der Waals surface area contributed by atoms with Gasteiger partial charge in [0.25, 0.3) is 5.48 Å². The molecule has 0 heterocycles. The van der Waals surface area contributed by atoms with Crippen LogP contribution in [0.15, 0.2) is 0 Å². The van der Waals surface area contributed by atoms with Crippen LogP contribution in [0.5, 0.6) is 0 Å². The maximum Gasteiger partial charge on any atom is 0.273 e. The summed E-state index contributed by atoms with van der Waals surface area (Å²) in [5, 5.41) is 9.92. The van der Waals surface area contributed by atoms with E-state index >= 15 is 0 Å². The van der Waals surface area contributed by atoms with Crippen LogP contribution in [0.4, 0.5) is 0 Å². The smallest absolute Gasteiger partial charge is 0.273 e. The highest BCUT2D eigenvalue weighted by Gasteiger charge is 2.16. The number of unbranched alkanes of at least 4 members (excludes halogenated alkanes) is 18. The van der Waals surface area contributed by atoms with Crippen molar-refractivity contribution in [3.63, 3.8) is 0 Å². The molecule has 0 saturated heterocycles. The molecule has 3 nitrogen and oxygen atoms in total. The van der Waals surface area contributed by atoms with Crippen LogP contribution in [-0.4, -0.2) is 48.9 Å². The van der Waals surface area contributed by atoms with Crippen LogP contribution in [0.1, 0.15) is 129 Å². The molecule has 0 rings (SSSR count). The zero-order chi connectivity index (χ0) is 22.5. The maximum atomic E-state index is 12.1. The van der Waals surface area contributed by atoms with Crippen molar-refractivity contribution in [1.82, 2.24) is 0 Å². The molecule has 0 fully saturated rings. The number of hydrogen-bond donors (Lipinski definition) is 1. The van der Waals surface area contributed by atoms with Crippen molar-refractivity contribution < 1.29 is 14.5 Å². The summed E-state index contributed by atoms with van der Waals surface area (Å²) in [5.74, 6) is 0. The molecule has 0 aliphatic carbocycles. The molecule has 0 bridgehead atoms. The fraction of sp³-hybridized carbons (Fsp3) is 0.962. The molecule has 0 aliphatic rings. The number of aliphatic hydroxyl groups is 1. The van der Waals surface area contributed by atoms with E-state index in [1.54, 1.807) is 0 Å². The molecule has 0 amide bonds. The van der Waals surface area contributed by atoms with Crippen LogP contribution in [0.25, 0.3) is 0 Å². The Morgan fingerprint density at radius 2 is 0.900 bits per heavy atom. The highest BCUT2D eigenvalue weighted by atomic mass is 31.1. The van der Waals surface area contributed by atoms with Crippen molar-refractivity contribution in [2.75, 3.05) is 33.8 Å². The lowest BCUT2D eigenvalue weighted by Gasteiger charge is -2.22. The Labute approximate surface area is 190 Å². The molecule has 0 aromatic carbocycles. The summed E-state index contributed by atoms with van der Waals surface area (Å²) in [6.07, 6.45) is 26.7. The Bertz CT molecular complexity index is 404. The van der Waals surface area contributed by atoms with Crippen LogP contribution >= 0.6 is 7.77 Å². The molecule has 0 spiro atoms. The van der Waals surface area contributed by atoms with Gasteiger partial charge in [-0.3, -0.25) is 0 Å². The third-order valence-electron chi connectivity index (χ3n) is 5.87. The SMILES string of the molecule is CCCCCCCCCCCCCCCCCCCCC[P+]([O-])=C(O)C[N+](C)(C)C. The van der Waals surface area contributed by atoms with Gasteiger partial charge in [-0.15, -0.1) is 0 Å². The standard InChI is InChI=1S/C26H54NO2P/c1-5-6-7-8-9-10-11-12-13-14-15-16-17-18-19-20-21-22-23-24-30(29)26(28)25-27(2,3)4/h5-25H2,1-4H3/p+1. The van der Waals surface area contributed by atoms with Gasteiger partial charge in [0.15, 0.2) is 6.54 Å². The van der Waals surface area contributed by atoms with Crippen LogP contribution in [-0.2, 0) is 0 Å². The molecule has 0 aliphatic heterocycles. The predicted octanol–water partition coefficient (Wildman–Crippen LogP) is 7.38. The normalized spacial score (nSPS) is 13.0. The quantitative estimate of drug-likeness (QED) is 0.107. The zero-order valence-corrected chi connectivity index (χ0v) is 22.0. The van der Waals surface area contributed by atoms with E-state index in [1.807, 2.05) is 21.1 Å². The largest absolute Gasteiger partial charge is 0.629 e. The molecule has 0 aromatic rings. The fourth-order valence-corrected chi connectivity index (χ4v) is 5.32. The first kappa shape index (κ1) is 30.0. The van der Waals surface area contributed by atoms with Crippen molar-refractivity contribution in [1.29, 1.82) is 0 Å². The van der Waals surface area contributed by atoms with Crippen molar-refractivity contribution in [2.45, 2.75) is 129 Å². The minimum absolute atomic E-state index is 0.194. The first-order valence-electron chi connectivity index (χ1n) is 13.2. The van der Waals surface area contributed by atoms with E-state index < -0.39 is 7.77 Å². The van der Waals surface area contributed by atoms with Gasteiger partial charge in [0, 0.05) is 0 Å². The van der Waals surface area contributed by atoms with Gasteiger partial charge in [-0.2, -0.15) is 0 Å². The molecule has 30 heavy (non-hydrogen) atoms. The summed E-state index contributed by atoms with van der Waals surface area (Å²) in [6.45, 7) is 2.78. The summed E-state index contributed by atoms with van der Waals surface area (Å²) in [5.41, 5.74) is 0.194. The van der Waals surface area contributed by atoms with Gasteiger partial charge in [-0.05, 0) is 12.8 Å². The van der Waals surface area contributed by atoms with Crippen molar-refractivity contribution in [3.05, 3.63) is 0 Å². The summed E-state index contributed by atoms with van der Waals surface area (Å²) >= 11 is 0. The fourth-order valence-electron chi connectivity index (χ4n) is 3.97. The lowest BCUT2D eigenvalue weighted by atomic mass is 10.0. The first-order valence-corrected chi connectivity index (χ1v) is 14.6. The van der Waals surface area contributed by atoms with E-state index in [-0.39, 0.29) is 5.48 Å². The topological polar surface area (TPSA) is 43.3 Å². The Hall–Kier alpha value is 0.0500. The van der Waals surface area contributed by atoms with Crippen LogP contribution < -0.4 is 4.89 Å². The molecule has 1 unspecified atom stereocenters. The molecular formula is C26H55NO2P+. The second-order valence-corrected chi connectivity index (χ2v) is 12.1.